The van der Waals surface area contributed by atoms with E-state index < -0.39 is 0 Å². The number of amides is 1. The van der Waals surface area contributed by atoms with Crippen molar-refractivity contribution in [2.24, 2.45) is 0 Å². The highest BCUT2D eigenvalue weighted by molar-refractivity contribution is 7.99. The van der Waals surface area contributed by atoms with Gasteiger partial charge in [0.1, 0.15) is 0 Å². The molecule has 4 aromatic rings. The first-order chi connectivity index (χ1) is 15.0. The van der Waals surface area contributed by atoms with Crippen LogP contribution in [-0.4, -0.2) is 31.4 Å². The van der Waals surface area contributed by atoms with Gasteiger partial charge in [-0.25, -0.2) is 0 Å². The monoisotopic (exact) mass is 469 g/mol. The lowest BCUT2D eigenvalue weighted by atomic mass is 10.2. The van der Waals surface area contributed by atoms with Crippen molar-refractivity contribution in [3.05, 3.63) is 82.6 Å². The van der Waals surface area contributed by atoms with Crippen molar-refractivity contribution in [2.75, 3.05) is 11.1 Å². The highest BCUT2D eigenvalue weighted by atomic mass is 35.5. The zero-order valence-electron chi connectivity index (χ0n) is 16.4. The van der Waals surface area contributed by atoms with Crippen LogP contribution in [0.25, 0.3) is 17.1 Å². The Kier molecular flexibility index (Phi) is 6.56. The maximum Gasteiger partial charge on any atom is 0.234 e. The number of anilines is 1. The molecule has 0 saturated heterocycles. The minimum Gasteiger partial charge on any atom is -0.324 e. The Bertz CT molecular complexity index is 1230. The predicted octanol–water partition coefficient (Wildman–Crippen LogP) is 5.68. The standard InChI is InChI=1S/C22H17Cl2N5OS/c1-14-4-2-3-5-19(14)29-21(15-8-10-25-11-9-15)27-28-22(29)31-13-20(30)26-18-12-16(23)6-7-17(18)24/h2-12H,13H2,1H3,(H,26,30). The lowest BCUT2D eigenvalue weighted by Crippen LogP contribution is -2.15. The molecule has 6 nitrogen and oxygen atoms in total. The Morgan fingerprint density at radius 1 is 1.06 bits per heavy atom. The van der Waals surface area contributed by atoms with Gasteiger partial charge in [0.2, 0.25) is 5.91 Å². The smallest absolute Gasteiger partial charge is 0.234 e. The summed E-state index contributed by atoms with van der Waals surface area (Å²) >= 11 is 13.4. The summed E-state index contributed by atoms with van der Waals surface area (Å²) in [5, 5.41) is 13.0. The number of hydrogen-bond acceptors (Lipinski definition) is 5. The highest BCUT2D eigenvalue weighted by Crippen LogP contribution is 2.30. The second kappa shape index (κ2) is 9.51. The van der Waals surface area contributed by atoms with Gasteiger partial charge in [0.15, 0.2) is 11.0 Å². The molecule has 0 atom stereocenters. The van der Waals surface area contributed by atoms with E-state index in [9.17, 15) is 4.79 Å². The Morgan fingerprint density at radius 2 is 1.84 bits per heavy atom. The summed E-state index contributed by atoms with van der Waals surface area (Å²) in [4.78, 5) is 16.6. The molecule has 0 aliphatic carbocycles. The molecule has 0 saturated carbocycles. The number of nitrogens with one attached hydrogen (secondary N) is 1. The van der Waals surface area contributed by atoms with Gasteiger partial charge in [0.05, 0.1) is 22.2 Å². The molecule has 31 heavy (non-hydrogen) atoms. The zero-order valence-corrected chi connectivity index (χ0v) is 18.7. The van der Waals surface area contributed by atoms with Crippen molar-refractivity contribution < 1.29 is 4.79 Å². The average molecular weight is 470 g/mol. The van der Waals surface area contributed by atoms with E-state index in [2.05, 4.69) is 20.5 Å². The molecular formula is C22H17Cl2N5OS. The van der Waals surface area contributed by atoms with E-state index >= 15 is 0 Å². The summed E-state index contributed by atoms with van der Waals surface area (Å²) in [6.45, 7) is 2.02. The molecule has 4 rings (SSSR count). The van der Waals surface area contributed by atoms with Crippen LogP contribution in [0.4, 0.5) is 5.69 Å². The van der Waals surface area contributed by atoms with E-state index in [4.69, 9.17) is 23.2 Å². The van der Waals surface area contributed by atoms with Gasteiger partial charge < -0.3 is 5.32 Å². The van der Waals surface area contributed by atoms with E-state index in [1.807, 2.05) is 47.9 Å². The van der Waals surface area contributed by atoms with Crippen LogP contribution in [-0.2, 0) is 4.79 Å². The van der Waals surface area contributed by atoms with Gasteiger partial charge in [0.25, 0.3) is 0 Å². The number of aromatic nitrogens is 4. The molecule has 0 aliphatic heterocycles. The van der Waals surface area contributed by atoms with Gasteiger partial charge in [-0.05, 0) is 48.9 Å². The van der Waals surface area contributed by atoms with Crippen LogP contribution in [0.5, 0.6) is 0 Å². The molecule has 0 radical (unpaired) electrons. The summed E-state index contributed by atoms with van der Waals surface area (Å²) in [5.41, 5.74) is 3.36. The third kappa shape index (κ3) is 4.90. The van der Waals surface area contributed by atoms with E-state index in [-0.39, 0.29) is 11.7 Å². The van der Waals surface area contributed by atoms with Crippen LogP contribution in [0, 0.1) is 6.92 Å². The van der Waals surface area contributed by atoms with Crippen molar-refractivity contribution in [1.29, 1.82) is 0 Å². The molecule has 0 spiro atoms. The van der Waals surface area contributed by atoms with Crippen molar-refractivity contribution in [2.45, 2.75) is 12.1 Å². The molecule has 0 fully saturated rings. The molecule has 2 aromatic heterocycles. The fourth-order valence-corrected chi connectivity index (χ4v) is 4.07. The highest BCUT2D eigenvalue weighted by Gasteiger charge is 2.18. The molecule has 9 heteroatoms. The van der Waals surface area contributed by atoms with Crippen LogP contribution in [0.3, 0.4) is 0 Å². The number of para-hydroxylation sites is 1. The number of rotatable bonds is 6. The van der Waals surface area contributed by atoms with Crippen LogP contribution in [0.15, 0.2) is 72.1 Å². The number of thioether (sulfide) groups is 1. The average Bonchev–Trinajstić information content (AvgIpc) is 3.19. The van der Waals surface area contributed by atoms with Crippen molar-refractivity contribution in [3.8, 4) is 17.1 Å². The molecule has 1 amide bonds. The van der Waals surface area contributed by atoms with Crippen LogP contribution in [0.2, 0.25) is 10.0 Å². The van der Waals surface area contributed by atoms with Crippen LogP contribution in [0.1, 0.15) is 5.56 Å². The first-order valence-corrected chi connectivity index (χ1v) is 11.1. The van der Waals surface area contributed by atoms with E-state index in [0.717, 1.165) is 16.8 Å². The maximum absolute atomic E-state index is 12.5. The third-order valence-electron chi connectivity index (χ3n) is 4.46. The van der Waals surface area contributed by atoms with Gasteiger partial charge in [-0.2, -0.15) is 0 Å². The molecule has 1 N–H and O–H groups in total. The summed E-state index contributed by atoms with van der Waals surface area (Å²) in [6, 6.07) is 16.6. The molecule has 0 aliphatic rings. The lowest BCUT2D eigenvalue weighted by molar-refractivity contribution is -0.113. The fourth-order valence-electron chi connectivity index (χ4n) is 2.99. The quantitative estimate of drug-likeness (QED) is 0.368. The zero-order chi connectivity index (χ0) is 21.8. The van der Waals surface area contributed by atoms with Gasteiger partial charge in [-0.15, -0.1) is 10.2 Å². The van der Waals surface area contributed by atoms with Crippen molar-refractivity contribution in [1.82, 2.24) is 19.7 Å². The second-order valence-electron chi connectivity index (χ2n) is 6.62. The summed E-state index contributed by atoms with van der Waals surface area (Å²) in [6.07, 6.45) is 3.42. The number of carbonyl (C=O) groups is 1. The van der Waals surface area contributed by atoms with Gasteiger partial charge in [-0.1, -0.05) is 53.2 Å². The van der Waals surface area contributed by atoms with Gasteiger partial charge in [0, 0.05) is 23.0 Å². The Hall–Kier alpha value is -2.87. The number of benzene rings is 2. The number of hydrogen-bond donors (Lipinski definition) is 1. The first kappa shape index (κ1) is 21.4. The largest absolute Gasteiger partial charge is 0.324 e. The second-order valence-corrected chi connectivity index (χ2v) is 8.41. The third-order valence-corrected chi connectivity index (χ3v) is 5.96. The topological polar surface area (TPSA) is 72.7 Å². The molecule has 0 bridgehead atoms. The normalized spacial score (nSPS) is 10.8. The Morgan fingerprint density at radius 3 is 2.61 bits per heavy atom. The molecule has 2 aromatic carbocycles. The minimum absolute atomic E-state index is 0.128. The maximum atomic E-state index is 12.5. The van der Waals surface area contributed by atoms with Gasteiger partial charge >= 0.3 is 0 Å². The molecule has 2 heterocycles. The lowest BCUT2D eigenvalue weighted by Gasteiger charge is -2.13. The number of pyridine rings is 1. The molecular weight excluding hydrogens is 453 g/mol. The molecule has 156 valence electrons. The number of aryl methyl sites for hydroxylation is 1. The summed E-state index contributed by atoms with van der Waals surface area (Å²) < 4.78 is 1.95. The first-order valence-electron chi connectivity index (χ1n) is 9.32. The molecule has 0 unspecified atom stereocenters. The summed E-state index contributed by atoms with van der Waals surface area (Å²) in [7, 11) is 0. The Labute approximate surface area is 193 Å². The minimum atomic E-state index is -0.223. The van der Waals surface area contributed by atoms with Crippen molar-refractivity contribution >= 4 is 46.6 Å². The van der Waals surface area contributed by atoms with Crippen molar-refractivity contribution in [3.63, 3.8) is 0 Å². The van der Waals surface area contributed by atoms with E-state index in [0.29, 0.717) is 26.7 Å². The van der Waals surface area contributed by atoms with E-state index in [1.54, 1.807) is 30.6 Å². The van der Waals surface area contributed by atoms with Crippen LogP contribution >= 0.6 is 35.0 Å². The SMILES string of the molecule is Cc1ccccc1-n1c(SCC(=O)Nc2cc(Cl)ccc2Cl)nnc1-c1ccncc1. The van der Waals surface area contributed by atoms with Crippen LogP contribution < -0.4 is 5.32 Å². The number of carbonyl (C=O) groups excluding carboxylic acids is 1. The number of halogens is 2. The Balaban J connectivity index is 1.61. The number of nitrogens with zero attached hydrogens (tertiary/aromatic N) is 4. The predicted molar refractivity (Wildman–Crippen MR) is 125 cm³/mol. The van der Waals surface area contributed by atoms with E-state index in [1.165, 1.54) is 11.8 Å². The van der Waals surface area contributed by atoms with Gasteiger partial charge in [-0.3, -0.25) is 14.3 Å². The fraction of sp³-hybridized carbons (Fsp3) is 0.0909. The summed E-state index contributed by atoms with van der Waals surface area (Å²) in [5.74, 6) is 0.583.